The maximum absolute atomic E-state index is 12.4. The topological polar surface area (TPSA) is 69.2 Å². The highest BCUT2D eigenvalue weighted by molar-refractivity contribution is 7.13. The third-order valence-electron chi connectivity index (χ3n) is 5.47. The zero-order chi connectivity index (χ0) is 19.3. The molecule has 0 saturated carbocycles. The second kappa shape index (κ2) is 6.29. The molecule has 1 saturated heterocycles. The van der Waals surface area contributed by atoms with E-state index in [2.05, 4.69) is 17.1 Å². The van der Waals surface area contributed by atoms with Crippen LogP contribution in [0, 0.1) is 0 Å². The van der Waals surface area contributed by atoms with Crippen molar-refractivity contribution in [1.29, 1.82) is 0 Å². The number of benzene rings is 2. The van der Waals surface area contributed by atoms with Crippen molar-refractivity contribution in [1.82, 2.24) is 14.9 Å². The van der Waals surface area contributed by atoms with E-state index in [0.29, 0.717) is 18.5 Å². The minimum absolute atomic E-state index is 0.247. The molecule has 1 aliphatic rings. The van der Waals surface area contributed by atoms with Crippen molar-refractivity contribution < 1.29 is 9.90 Å². The van der Waals surface area contributed by atoms with Gasteiger partial charge in [0.2, 0.25) is 0 Å². The number of thiazole rings is 1. The first kappa shape index (κ1) is 17.2. The van der Waals surface area contributed by atoms with E-state index in [-0.39, 0.29) is 5.91 Å². The fourth-order valence-electron chi connectivity index (χ4n) is 3.87. The van der Waals surface area contributed by atoms with Gasteiger partial charge in [-0.1, -0.05) is 30.3 Å². The Morgan fingerprint density at radius 3 is 2.89 bits per heavy atom. The number of aliphatic hydroxyl groups is 1. The average molecular weight is 389 g/mol. The van der Waals surface area contributed by atoms with Gasteiger partial charge in [0, 0.05) is 53.6 Å². The molecule has 4 aromatic rings. The third-order valence-corrected chi connectivity index (χ3v) is 6.36. The van der Waals surface area contributed by atoms with Crippen LogP contribution in [0.15, 0.2) is 60.1 Å². The van der Waals surface area contributed by atoms with Crippen molar-refractivity contribution in [3.05, 3.63) is 65.7 Å². The molecule has 0 unspecified atom stereocenters. The van der Waals surface area contributed by atoms with E-state index < -0.39 is 5.60 Å². The van der Waals surface area contributed by atoms with Gasteiger partial charge in [-0.05, 0) is 23.8 Å². The lowest BCUT2D eigenvalue weighted by Gasteiger charge is -2.21. The molecular weight excluding hydrogens is 370 g/mol. The molecule has 2 aromatic carbocycles. The number of nitrogens with one attached hydrogen (secondary N) is 1. The monoisotopic (exact) mass is 389 g/mol. The number of likely N-dealkylation sites (tertiary alicyclic amines) is 1. The van der Waals surface area contributed by atoms with Crippen molar-refractivity contribution in [3.8, 4) is 21.8 Å². The van der Waals surface area contributed by atoms with Crippen LogP contribution in [0.2, 0.25) is 0 Å². The van der Waals surface area contributed by atoms with Crippen LogP contribution in [0.4, 0.5) is 0 Å². The first-order chi connectivity index (χ1) is 13.6. The number of likely N-dealkylation sites (N-methyl/N-ethyl adjacent to an activating group) is 1. The van der Waals surface area contributed by atoms with Crippen molar-refractivity contribution in [2.75, 3.05) is 13.6 Å². The fourth-order valence-corrected chi connectivity index (χ4v) is 4.69. The van der Waals surface area contributed by atoms with E-state index >= 15 is 0 Å². The van der Waals surface area contributed by atoms with E-state index in [9.17, 15) is 9.90 Å². The van der Waals surface area contributed by atoms with Crippen LogP contribution in [0.5, 0.6) is 0 Å². The van der Waals surface area contributed by atoms with Gasteiger partial charge in [-0.2, -0.15) is 0 Å². The lowest BCUT2D eigenvalue weighted by molar-refractivity contribution is -0.143. The van der Waals surface area contributed by atoms with Gasteiger partial charge in [0.05, 0.1) is 5.69 Å². The molecule has 3 heterocycles. The molecule has 6 heteroatoms. The van der Waals surface area contributed by atoms with Crippen molar-refractivity contribution in [2.45, 2.75) is 12.0 Å². The number of carbonyl (C=O) groups excluding carboxylic acids is 1. The Bertz CT molecular complexity index is 1200. The minimum atomic E-state index is -1.44. The number of hydrogen-bond acceptors (Lipinski definition) is 4. The SMILES string of the molecule is CN1CC[C@@](O)(c2cccc(-c3nc(-c4cccc5[nH]ccc45)cs3)c2)C1=O. The highest BCUT2D eigenvalue weighted by Crippen LogP contribution is 2.37. The van der Waals surface area contributed by atoms with Crippen LogP contribution >= 0.6 is 11.3 Å². The molecule has 5 rings (SSSR count). The van der Waals surface area contributed by atoms with Crippen LogP contribution in [-0.2, 0) is 10.4 Å². The highest BCUT2D eigenvalue weighted by atomic mass is 32.1. The van der Waals surface area contributed by atoms with Gasteiger partial charge in [0.1, 0.15) is 5.01 Å². The van der Waals surface area contributed by atoms with Gasteiger partial charge in [0.25, 0.3) is 5.91 Å². The molecule has 0 spiro atoms. The van der Waals surface area contributed by atoms with Crippen LogP contribution in [-0.4, -0.2) is 39.5 Å². The summed E-state index contributed by atoms with van der Waals surface area (Å²) >= 11 is 1.56. The van der Waals surface area contributed by atoms with E-state index in [4.69, 9.17) is 4.98 Å². The number of nitrogens with zero attached hydrogens (tertiary/aromatic N) is 2. The molecule has 5 nitrogen and oxygen atoms in total. The predicted octanol–water partition coefficient (Wildman–Crippen LogP) is 4.01. The molecule has 2 N–H and O–H groups in total. The maximum Gasteiger partial charge on any atom is 0.258 e. The molecule has 140 valence electrons. The van der Waals surface area contributed by atoms with Crippen molar-refractivity contribution >= 4 is 28.1 Å². The highest BCUT2D eigenvalue weighted by Gasteiger charge is 2.45. The maximum atomic E-state index is 12.4. The van der Waals surface area contributed by atoms with E-state index in [1.54, 1.807) is 23.3 Å². The van der Waals surface area contributed by atoms with Gasteiger partial charge in [-0.25, -0.2) is 4.98 Å². The zero-order valence-corrected chi connectivity index (χ0v) is 16.2. The summed E-state index contributed by atoms with van der Waals surface area (Å²) < 4.78 is 0. The number of hydrogen-bond donors (Lipinski definition) is 2. The van der Waals surface area contributed by atoms with Crippen LogP contribution in [0.1, 0.15) is 12.0 Å². The van der Waals surface area contributed by atoms with E-state index in [1.165, 1.54) is 0 Å². The molecule has 0 bridgehead atoms. The molecule has 28 heavy (non-hydrogen) atoms. The second-order valence-corrected chi connectivity index (χ2v) is 8.06. The van der Waals surface area contributed by atoms with Crippen LogP contribution in [0.25, 0.3) is 32.7 Å². The molecule has 0 radical (unpaired) electrons. The molecular formula is C22H19N3O2S. The van der Waals surface area contributed by atoms with Gasteiger partial charge in [-0.3, -0.25) is 4.79 Å². The van der Waals surface area contributed by atoms with Crippen LogP contribution in [0.3, 0.4) is 0 Å². The molecule has 1 aliphatic heterocycles. The summed E-state index contributed by atoms with van der Waals surface area (Å²) in [6, 6.07) is 15.7. The Hall–Kier alpha value is -2.96. The lowest BCUT2D eigenvalue weighted by atomic mass is 9.91. The number of rotatable bonds is 3. The third kappa shape index (κ3) is 2.57. The van der Waals surface area contributed by atoms with E-state index in [1.807, 2.05) is 48.0 Å². The average Bonchev–Trinajstić information content (AvgIpc) is 3.45. The molecule has 1 amide bonds. The Balaban J connectivity index is 1.54. The van der Waals surface area contributed by atoms with Gasteiger partial charge >= 0.3 is 0 Å². The van der Waals surface area contributed by atoms with Gasteiger partial charge < -0.3 is 15.0 Å². The number of carbonyl (C=O) groups is 1. The summed E-state index contributed by atoms with van der Waals surface area (Å²) in [6.45, 7) is 0.557. The number of amides is 1. The number of aromatic amines is 1. The largest absolute Gasteiger partial charge is 0.375 e. The van der Waals surface area contributed by atoms with E-state index in [0.717, 1.165) is 32.7 Å². The second-order valence-electron chi connectivity index (χ2n) is 7.20. The summed E-state index contributed by atoms with van der Waals surface area (Å²) in [5, 5.41) is 15.0. The number of H-pyrrole nitrogens is 1. The summed E-state index contributed by atoms with van der Waals surface area (Å²) in [5.74, 6) is -0.247. The molecule has 0 aliphatic carbocycles. The number of fused-ring (bicyclic) bond motifs is 1. The quantitative estimate of drug-likeness (QED) is 0.556. The Labute approximate surface area is 166 Å². The standard InChI is InChI=1S/C22H19N3O2S/c1-25-11-9-22(27,21(25)26)15-5-2-4-14(12-15)20-24-19(13-28-20)16-6-3-7-18-17(16)8-10-23-18/h2-8,10,12-13,23,27H,9,11H2,1H3/t22-/m1/s1. The minimum Gasteiger partial charge on any atom is -0.375 e. The molecule has 1 atom stereocenters. The fraction of sp³-hybridized carbons (Fsp3) is 0.182. The van der Waals surface area contributed by atoms with Gasteiger partial charge in [-0.15, -0.1) is 11.3 Å². The zero-order valence-electron chi connectivity index (χ0n) is 15.3. The normalized spacial score (nSPS) is 19.6. The van der Waals surface area contributed by atoms with Gasteiger partial charge in [0.15, 0.2) is 5.60 Å². The smallest absolute Gasteiger partial charge is 0.258 e. The van der Waals surface area contributed by atoms with Crippen molar-refractivity contribution in [3.63, 3.8) is 0 Å². The van der Waals surface area contributed by atoms with Crippen LogP contribution < -0.4 is 0 Å². The summed E-state index contributed by atoms with van der Waals surface area (Å²) in [5.41, 5.74) is 3.19. The summed E-state index contributed by atoms with van der Waals surface area (Å²) in [4.78, 5) is 22.1. The Morgan fingerprint density at radius 2 is 2.07 bits per heavy atom. The Kier molecular flexibility index (Phi) is 3.86. The summed E-state index contributed by atoms with van der Waals surface area (Å²) in [6.07, 6.45) is 2.34. The predicted molar refractivity (Wildman–Crippen MR) is 111 cm³/mol. The first-order valence-corrected chi connectivity index (χ1v) is 10.0. The summed E-state index contributed by atoms with van der Waals surface area (Å²) in [7, 11) is 1.72. The lowest BCUT2D eigenvalue weighted by Crippen LogP contribution is -2.36. The van der Waals surface area contributed by atoms with Crippen molar-refractivity contribution in [2.24, 2.45) is 0 Å². The first-order valence-electron chi connectivity index (χ1n) is 9.17. The number of aromatic nitrogens is 2. The molecule has 2 aromatic heterocycles. The molecule has 1 fully saturated rings. The Morgan fingerprint density at radius 1 is 1.21 bits per heavy atom.